The van der Waals surface area contributed by atoms with Crippen LogP contribution in [0, 0.1) is 5.41 Å². The van der Waals surface area contributed by atoms with Gasteiger partial charge in [-0.25, -0.2) is 0 Å². The van der Waals surface area contributed by atoms with Crippen molar-refractivity contribution in [3.8, 4) is 5.75 Å². The molecule has 4 aromatic carbocycles. The molecule has 9 nitrogen and oxygen atoms in total. The summed E-state index contributed by atoms with van der Waals surface area (Å²) in [6.45, 7) is 6.68. The Labute approximate surface area is 329 Å². The first kappa shape index (κ1) is 35.3. The van der Waals surface area contributed by atoms with Gasteiger partial charge in [-0.1, -0.05) is 48.5 Å². The predicted molar refractivity (Wildman–Crippen MR) is 217 cm³/mol. The number of aryl methyl sites for hydroxylation is 1. The van der Waals surface area contributed by atoms with Gasteiger partial charge in [-0.2, -0.15) is 0 Å². The van der Waals surface area contributed by atoms with Crippen LogP contribution in [0.2, 0.25) is 0 Å². The van der Waals surface area contributed by atoms with Gasteiger partial charge in [0.25, 0.3) is 5.91 Å². The van der Waals surface area contributed by atoms with Gasteiger partial charge < -0.3 is 19.8 Å². The van der Waals surface area contributed by atoms with E-state index in [4.69, 9.17) is 0 Å². The number of nitrogens with one attached hydrogen (secondary N) is 1. The average Bonchev–Trinajstić information content (AvgIpc) is 3.54. The second-order valence-corrected chi connectivity index (χ2v) is 17.3. The number of imide groups is 1. The minimum Gasteiger partial charge on any atom is -0.508 e. The van der Waals surface area contributed by atoms with Crippen LogP contribution in [0.1, 0.15) is 95.0 Å². The Kier molecular flexibility index (Phi) is 8.88. The van der Waals surface area contributed by atoms with Crippen molar-refractivity contribution in [1.82, 2.24) is 15.1 Å². The molecule has 0 radical (unpaired) electrons. The molecule has 10 rings (SSSR count). The zero-order valence-electron chi connectivity index (χ0n) is 32.0. The van der Waals surface area contributed by atoms with Gasteiger partial charge in [0.05, 0.1) is 0 Å². The van der Waals surface area contributed by atoms with Crippen molar-refractivity contribution < 1.29 is 19.5 Å². The van der Waals surface area contributed by atoms with E-state index in [-0.39, 0.29) is 30.1 Å². The molecule has 3 saturated heterocycles. The molecule has 4 fully saturated rings. The fourth-order valence-electron chi connectivity index (χ4n) is 11.1. The lowest BCUT2D eigenvalue weighted by Crippen LogP contribution is -2.59. The molecular formula is C47H51N5O4. The molecule has 4 heterocycles. The Morgan fingerprint density at radius 3 is 2.16 bits per heavy atom. The van der Waals surface area contributed by atoms with Crippen LogP contribution in [0.5, 0.6) is 5.75 Å². The van der Waals surface area contributed by atoms with E-state index in [1.165, 1.54) is 53.6 Å². The normalized spacial score (nSPS) is 25.2. The largest absolute Gasteiger partial charge is 0.508 e. The Balaban J connectivity index is 0.728. The number of fused-ring (bicyclic) bond motifs is 2. The van der Waals surface area contributed by atoms with E-state index in [0.29, 0.717) is 41.7 Å². The minimum atomic E-state index is -0.582. The number of phenolic OH excluding ortho intramolecular Hbond substituents is 1. The molecule has 4 aliphatic heterocycles. The minimum absolute atomic E-state index is 0.116. The number of piperazine rings is 1. The van der Waals surface area contributed by atoms with Crippen molar-refractivity contribution in [3.05, 3.63) is 124 Å². The van der Waals surface area contributed by atoms with Crippen molar-refractivity contribution in [2.45, 2.75) is 81.8 Å². The summed E-state index contributed by atoms with van der Waals surface area (Å²) in [5.74, 6) is 0.292. The first-order valence-electron chi connectivity index (χ1n) is 20.8. The summed E-state index contributed by atoms with van der Waals surface area (Å²) in [4.78, 5) is 46.7. The molecule has 1 saturated carbocycles. The second-order valence-electron chi connectivity index (χ2n) is 17.3. The van der Waals surface area contributed by atoms with E-state index in [9.17, 15) is 19.5 Å². The highest BCUT2D eigenvalue weighted by Gasteiger charge is 2.48. The quantitative estimate of drug-likeness (QED) is 0.215. The van der Waals surface area contributed by atoms with Crippen molar-refractivity contribution in [1.29, 1.82) is 0 Å². The Morgan fingerprint density at radius 1 is 0.679 bits per heavy atom. The van der Waals surface area contributed by atoms with Crippen molar-refractivity contribution in [2.75, 3.05) is 49.1 Å². The monoisotopic (exact) mass is 749 g/mol. The van der Waals surface area contributed by atoms with Crippen LogP contribution in [0.15, 0.2) is 91.0 Å². The van der Waals surface area contributed by atoms with Gasteiger partial charge in [0.2, 0.25) is 11.8 Å². The number of hydrogen-bond donors (Lipinski definition) is 2. The molecule has 2 aliphatic carbocycles. The van der Waals surface area contributed by atoms with E-state index >= 15 is 0 Å². The topological polar surface area (TPSA) is 96.4 Å². The number of amides is 3. The zero-order chi connectivity index (χ0) is 38.0. The van der Waals surface area contributed by atoms with Gasteiger partial charge in [-0.3, -0.25) is 24.6 Å². The highest BCUT2D eigenvalue weighted by atomic mass is 16.3. The van der Waals surface area contributed by atoms with Gasteiger partial charge >= 0.3 is 0 Å². The van der Waals surface area contributed by atoms with Crippen LogP contribution in [-0.2, 0) is 22.6 Å². The lowest BCUT2D eigenvalue weighted by molar-refractivity contribution is -0.136. The summed E-state index contributed by atoms with van der Waals surface area (Å²) in [5.41, 5.74) is 9.94. The Morgan fingerprint density at radius 2 is 1.41 bits per heavy atom. The number of benzene rings is 4. The van der Waals surface area contributed by atoms with Crippen LogP contribution >= 0.6 is 0 Å². The van der Waals surface area contributed by atoms with Gasteiger partial charge in [0.15, 0.2) is 0 Å². The third-order valence-electron chi connectivity index (χ3n) is 14.3. The van der Waals surface area contributed by atoms with Crippen molar-refractivity contribution >= 4 is 29.1 Å². The maximum Gasteiger partial charge on any atom is 0.255 e. The van der Waals surface area contributed by atoms with Gasteiger partial charge in [0.1, 0.15) is 11.8 Å². The number of anilines is 2. The summed E-state index contributed by atoms with van der Waals surface area (Å²) in [5, 5.41) is 12.6. The summed E-state index contributed by atoms with van der Waals surface area (Å²) >= 11 is 0. The molecular weight excluding hydrogens is 699 g/mol. The standard InChI is InChI=1S/C47H51N5O4/c53-38-12-15-40-33(27-38)8-13-39(31-4-2-1-3-5-31)44(40)32-6-9-35(10-7-32)49-20-18-47(19-21-49)28-37(29-47)51-24-22-50(23-25-51)36-11-14-41-34(26-36)30-52(46(41)56)42-16-17-43(54)48-45(42)55/h1-7,9-12,14-15,26-27,37,39,42,44,53H,8,13,16-25,28-30H2,(H,48,54,55)/t39-,42?,44?/m1/s1. The molecule has 2 unspecified atom stereocenters. The maximum atomic E-state index is 13.2. The van der Waals surface area contributed by atoms with Crippen LogP contribution in [-0.4, -0.2) is 84.0 Å². The molecule has 1 spiro atoms. The number of nitrogens with zero attached hydrogens (tertiary/aromatic N) is 4. The summed E-state index contributed by atoms with van der Waals surface area (Å²) in [7, 11) is 0. The number of aromatic hydroxyl groups is 1. The number of carbonyl (C=O) groups excluding carboxylic acids is 3. The smallest absolute Gasteiger partial charge is 0.255 e. The fraction of sp³-hybridized carbons (Fsp3) is 0.426. The molecule has 0 bridgehead atoms. The van der Waals surface area contributed by atoms with Gasteiger partial charge in [-0.15, -0.1) is 0 Å². The van der Waals surface area contributed by atoms with Crippen LogP contribution in [0.4, 0.5) is 11.4 Å². The lowest BCUT2D eigenvalue weighted by atomic mass is 9.60. The number of carbonyl (C=O) groups is 3. The third-order valence-corrected chi connectivity index (χ3v) is 14.3. The number of piperidine rings is 2. The molecule has 6 aliphatic rings. The van der Waals surface area contributed by atoms with Crippen molar-refractivity contribution in [3.63, 3.8) is 0 Å². The van der Waals surface area contributed by atoms with Crippen LogP contribution in [0.3, 0.4) is 0 Å². The van der Waals surface area contributed by atoms with Crippen LogP contribution < -0.4 is 15.1 Å². The molecule has 288 valence electrons. The van der Waals surface area contributed by atoms with Crippen molar-refractivity contribution in [2.24, 2.45) is 5.41 Å². The van der Waals surface area contributed by atoms with Crippen LogP contribution in [0.25, 0.3) is 0 Å². The van der Waals surface area contributed by atoms with Gasteiger partial charge in [-0.05, 0) is 127 Å². The second kappa shape index (κ2) is 14.1. The van der Waals surface area contributed by atoms with Gasteiger partial charge in [0, 0.05) is 81.1 Å². The predicted octanol–water partition coefficient (Wildman–Crippen LogP) is 6.59. The molecule has 3 atom stereocenters. The van der Waals surface area contributed by atoms with E-state index in [1.54, 1.807) is 4.90 Å². The van der Waals surface area contributed by atoms with E-state index < -0.39 is 6.04 Å². The summed E-state index contributed by atoms with van der Waals surface area (Å²) < 4.78 is 0. The molecule has 9 heteroatoms. The summed E-state index contributed by atoms with van der Waals surface area (Å²) in [6.07, 6.45) is 7.82. The maximum absolute atomic E-state index is 13.2. The Hall–Kier alpha value is -5.15. The lowest BCUT2D eigenvalue weighted by Gasteiger charge is -2.56. The average molecular weight is 750 g/mol. The first-order valence-corrected chi connectivity index (χ1v) is 20.8. The zero-order valence-corrected chi connectivity index (χ0v) is 32.0. The molecule has 0 aromatic heterocycles. The highest BCUT2D eigenvalue weighted by molar-refractivity contribution is 6.05. The number of hydrogen-bond acceptors (Lipinski definition) is 7. The SMILES string of the molecule is O=C1CCC(N2Cc3cc(N4CCN(C5CC6(CCN(c7ccc(C8c9ccc(O)cc9CC[C@@H]8c8ccccc8)cc7)CC6)C5)CC4)ccc3C2=O)C(=O)N1. The van der Waals surface area contributed by atoms with E-state index in [2.05, 4.69) is 92.8 Å². The summed E-state index contributed by atoms with van der Waals surface area (Å²) in [6, 6.07) is 32.5. The molecule has 2 N–H and O–H groups in total. The molecule has 56 heavy (non-hydrogen) atoms. The van der Waals surface area contributed by atoms with E-state index in [0.717, 1.165) is 63.4 Å². The highest BCUT2D eigenvalue weighted by Crippen LogP contribution is 2.52. The molecule has 3 amide bonds. The third kappa shape index (κ3) is 6.34. The van der Waals surface area contributed by atoms with E-state index in [1.807, 2.05) is 18.2 Å². The Bertz CT molecular complexity index is 2150. The molecule has 4 aromatic rings. The first-order chi connectivity index (χ1) is 27.3. The number of phenols is 1. The fourth-order valence-corrected chi connectivity index (χ4v) is 11.1. The number of rotatable bonds is 6.